The van der Waals surface area contributed by atoms with Gasteiger partial charge in [-0.25, -0.2) is 13.6 Å². The molecule has 0 radical (unpaired) electrons. The van der Waals surface area contributed by atoms with Gasteiger partial charge in [0.05, 0.1) is 17.4 Å². The maximum atomic E-state index is 14.0. The van der Waals surface area contributed by atoms with Gasteiger partial charge in [0, 0.05) is 37.9 Å². The molecule has 0 saturated carbocycles. The monoisotopic (exact) mass is 386 g/mol. The first kappa shape index (κ1) is 18.7. The minimum absolute atomic E-state index is 0.133. The fraction of sp³-hybridized carbons (Fsp3) is 0.381. The number of hydrogen-bond donors (Lipinski definition) is 1. The molecule has 7 heteroatoms. The van der Waals surface area contributed by atoms with Gasteiger partial charge in [0.1, 0.15) is 11.6 Å². The normalized spacial score (nSPS) is 17.5. The maximum absolute atomic E-state index is 14.0. The number of benzene rings is 2. The number of halogens is 2. The summed E-state index contributed by atoms with van der Waals surface area (Å²) in [6, 6.07) is 10.9. The van der Waals surface area contributed by atoms with Crippen LogP contribution in [0.2, 0.25) is 0 Å². The second-order valence-corrected chi connectivity index (χ2v) is 7.61. The second kappa shape index (κ2) is 7.39. The molecular weight excluding hydrogens is 362 g/mol. The zero-order valence-corrected chi connectivity index (χ0v) is 16.0. The Morgan fingerprint density at radius 1 is 1.00 bits per heavy atom. The highest BCUT2D eigenvalue weighted by atomic mass is 19.1. The third kappa shape index (κ3) is 3.54. The van der Waals surface area contributed by atoms with Crippen molar-refractivity contribution < 1.29 is 13.6 Å². The van der Waals surface area contributed by atoms with E-state index in [0.717, 1.165) is 18.8 Å². The van der Waals surface area contributed by atoms with E-state index in [0.29, 0.717) is 30.5 Å². The SMILES string of the molecule is CC(C)N1CC(NC(=O)N2CCN(c3ccc(F)cc3)c3cc(F)ccc32)C1. The van der Waals surface area contributed by atoms with Crippen molar-refractivity contribution in [1.82, 2.24) is 10.2 Å². The van der Waals surface area contributed by atoms with Gasteiger partial charge in [-0.2, -0.15) is 0 Å². The number of hydrogen-bond acceptors (Lipinski definition) is 3. The average Bonchev–Trinajstić information content (AvgIpc) is 2.63. The molecule has 148 valence electrons. The van der Waals surface area contributed by atoms with Crippen molar-refractivity contribution in [3.63, 3.8) is 0 Å². The Hall–Kier alpha value is -2.67. The van der Waals surface area contributed by atoms with Crippen LogP contribution in [0.1, 0.15) is 13.8 Å². The average molecular weight is 386 g/mol. The van der Waals surface area contributed by atoms with Crippen LogP contribution < -0.4 is 15.1 Å². The molecule has 2 aromatic carbocycles. The van der Waals surface area contributed by atoms with Gasteiger partial charge in [0.2, 0.25) is 0 Å². The van der Waals surface area contributed by atoms with Gasteiger partial charge in [-0.05, 0) is 56.3 Å². The fourth-order valence-electron chi connectivity index (χ4n) is 3.76. The number of fused-ring (bicyclic) bond motifs is 1. The highest BCUT2D eigenvalue weighted by Gasteiger charge is 2.33. The predicted molar refractivity (Wildman–Crippen MR) is 106 cm³/mol. The lowest BCUT2D eigenvalue weighted by Gasteiger charge is -2.44. The first-order valence-electron chi connectivity index (χ1n) is 9.57. The van der Waals surface area contributed by atoms with Gasteiger partial charge in [-0.1, -0.05) is 0 Å². The van der Waals surface area contributed by atoms with Gasteiger partial charge in [-0.3, -0.25) is 9.80 Å². The molecule has 0 aromatic heterocycles. The van der Waals surface area contributed by atoms with Crippen molar-refractivity contribution in [1.29, 1.82) is 0 Å². The predicted octanol–water partition coefficient (Wildman–Crippen LogP) is 3.73. The molecule has 1 N–H and O–H groups in total. The van der Waals surface area contributed by atoms with Crippen LogP contribution in [-0.4, -0.2) is 49.2 Å². The van der Waals surface area contributed by atoms with Crippen molar-refractivity contribution in [3.05, 3.63) is 54.1 Å². The first-order chi connectivity index (χ1) is 13.4. The summed E-state index contributed by atoms with van der Waals surface area (Å²) in [6.07, 6.45) is 0. The minimum atomic E-state index is -0.375. The molecule has 2 aromatic rings. The summed E-state index contributed by atoms with van der Waals surface area (Å²) in [5.74, 6) is -0.697. The molecule has 2 aliphatic rings. The van der Waals surface area contributed by atoms with Crippen molar-refractivity contribution in [2.24, 2.45) is 0 Å². The fourth-order valence-corrected chi connectivity index (χ4v) is 3.76. The number of amides is 2. The van der Waals surface area contributed by atoms with E-state index in [1.54, 1.807) is 23.1 Å². The second-order valence-electron chi connectivity index (χ2n) is 7.61. The van der Waals surface area contributed by atoms with E-state index in [1.807, 2.05) is 4.90 Å². The molecule has 2 amide bonds. The van der Waals surface area contributed by atoms with E-state index in [4.69, 9.17) is 0 Å². The number of carbonyl (C=O) groups excluding carboxylic acids is 1. The van der Waals surface area contributed by atoms with Crippen LogP contribution in [0.3, 0.4) is 0 Å². The standard InChI is InChI=1S/C21H24F2N4O/c1-14(2)25-12-17(13-25)24-21(28)27-10-9-26(18-6-3-15(22)4-7-18)20-11-16(23)5-8-19(20)27/h3-8,11,14,17H,9-10,12-13H2,1-2H3,(H,24,28). The van der Waals surface area contributed by atoms with Gasteiger partial charge in [0.25, 0.3) is 0 Å². The first-order valence-corrected chi connectivity index (χ1v) is 9.57. The van der Waals surface area contributed by atoms with Crippen LogP contribution >= 0.6 is 0 Å². The van der Waals surface area contributed by atoms with E-state index < -0.39 is 0 Å². The number of rotatable bonds is 3. The van der Waals surface area contributed by atoms with Gasteiger partial charge < -0.3 is 10.2 Å². The summed E-state index contributed by atoms with van der Waals surface area (Å²) < 4.78 is 27.2. The Balaban J connectivity index is 1.55. The van der Waals surface area contributed by atoms with Crippen LogP contribution in [0, 0.1) is 11.6 Å². The van der Waals surface area contributed by atoms with Crippen molar-refractivity contribution in [2.75, 3.05) is 36.0 Å². The molecule has 1 fully saturated rings. The lowest BCUT2D eigenvalue weighted by Crippen LogP contribution is -2.63. The van der Waals surface area contributed by atoms with Crippen LogP contribution in [0.5, 0.6) is 0 Å². The quantitative estimate of drug-likeness (QED) is 0.874. The smallest absolute Gasteiger partial charge is 0.322 e. The zero-order valence-electron chi connectivity index (χ0n) is 16.0. The molecule has 2 heterocycles. The molecule has 4 rings (SSSR count). The summed E-state index contributed by atoms with van der Waals surface area (Å²) >= 11 is 0. The molecule has 28 heavy (non-hydrogen) atoms. The molecule has 1 saturated heterocycles. The Kier molecular flexibility index (Phi) is 4.93. The summed E-state index contributed by atoms with van der Waals surface area (Å²) in [7, 11) is 0. The van der Waals surface area contributed by atoms with Crippen LogP contribution in [-0.2, 0) is 0 Å². The Bertz CT molecular complexity index is 865. The third-order valence-corrected chi connectivity index (χ3v) is 5.42. The maximum Gasteiger partial charge on any atom is 0.322 e. The summed E-state index contributed by atoms with van der Waals surface area (Å²) in [5, 5.41) is 3.07. The summed E-state index contributed by atoms with van der Waals surface area (Å²) in [6.45, 7) is 6.92. The molecule has 5 nitrogen and oxygen atoms in total. The van der Waals surface area contributed by atoms with Crippen LogP contribution in [0.4, 0.5) is 30.6 Å². The van der Waals surface area contributed by atoms with Crippen molar-refractivity contribution in [3.8, 4) is 0 Å². The molecule has 2 aliphatic heterocycles. The lowest BCUT2D eigenvalue weighted by molar-refractivity contribution is 0.0968. The van der Waals surface area contributed by atoms with Crippen LogP contribution in [0.25, 0.3) is 0 Å². The Morgan fingerprint density at radius 2 is 1.68 bits per heavy atom. The Labute approximate surface area is 163 Å². The molecule has 0 atom stereocenters. The lowest BCUT2D eigenvalue weighted by atomic mass is 10.1. The molecule has 0 spiro atoms. The summed E-state index contributed by atoms with van der Waals surface area (Å²) in [4.78, 5) is 18.7. The van der Waals surface area contributed by atoms with E-state index in [1.165, 1.54) is 24.3 Å². The highest BCUT2D eigenvalue weighted by Crippen LogP contribution is 2.38. The molecule has 0 aliphatic carbocycles. The molecule has 0 bridgehead atoms. The van der Waals surface area contributed by atoms with E-state index >= 15 is 0 Å². The number of carbonyl (C=O) groups is 1. The number of nitrogens with one attached hydrogen (secondary N) is 1. The van der Waals surface area contributed by atoms with E-state index in [9.17, 15) is 13.6 Å². The van der Waals surface area contributed by atoms with Crippen molar-refractivity contribution in [2.45, 2.75) is 25.9 Å². The summed E-state index contributed by atoms with van der Waals surface area (Å²) in [5.41, 5.74) is 2.01. The molecular formula is C21H24F2N4O. The van der Waals surface area contributed by atoms with Gasteiger partial charge in [0.15, 0.2) is 0 Å². The number of urea groups is 1. The number of anilines is 3. The van der Waals surface area contributed by atoms with Gasteiger partial charge >= 0.3 is 6.03 Å². The van der Waals surface area contributed by atoms with Gasteiger partial charge in [-0.15, -0.1) is 0 Å². The topological polar surface area (TPSA) is 38.8 Å². The van der Waals surface area contributed by atoms with Crippen LogP contribution in [0.15, 0.2) is 42.5 Å². The number of likely N-dealkylation sites (tertiary alicyclic amines) is 1. The number of nitrogens with zero attached hydrogens (tertiary/aromatic N) is 3. The Morgan fingerprint density at radius 3 is 2.36 bits per heavy atom. The minimum Gasteiger partial charge on any atom is -0.338 e. The largest absolute Gasteiger partial charge is 0.338 e. The van der Waals surface area contributed by atoms with E-state index in [2.05, 4.69) is 24.1 Å². The highest BCUT2D eigenvalue weighted by molar-refractivity contribution is 5.98. The third-order valence-electron chi connectivity index (χ3n) is 5.42. The van der Waals surface area contributed by atoms with Crippen molar-refractivity contribution >= 4 is 23.1 Å². The zero-order chi connectivity index (χ0) is 19.8. The van der Waals surface area contributed by atoms with E-state index in [-0.39, 0.29) is 23.7 Å². The molecule has 0 unspecified atom stereocenters.